The lowest BCUT2D eigenvalue weighted by atomic mass is 10.2. The number of aliphatic carboxylic acids is 2. The van der Waals surface area contributed by atoms with E-state index in [4.69, 9.17) is 10.2 Å². The maximum Gasteiger partial charge on any atom is 0.328 e. The molecule has 0 aliphatic carbocycles. The zero-order valence-electron chi connectivity index (χ0n) is 7.97. The Labute approximate surface area is 87.8 Å². The SMILES string of the molecule is O=C(O)Cc1c[nH]c(=O)n(CC(=O)O)c1=O. The number of nitrogens with zero attached hydrogens (tertiary/aromatic N) is 1. The van der Waals surface area contributed by atoms with Crippen LogP contribution in [0.15, 0.2) is 15.8 Å². The van der Waals surface area contributed by atoms with Crippen LogP contribution in [-0.2, 0) is 22.6 Å². The van der Waals surface area contributed by atoms with Gasteiger partial charge in [-0.2, -0.15) is 0 Å². The first-order valence-corrected chi connectivity index (χ1v) is 4.17. The largest absolute Gasteiger partial charge is 0.481 e. The van der Waals surface area contributed by atoms with E-state index in [1.54, 1.807) is 0 Å². The van der Waals surface area contributed by atoms with E-state index in [0.717, 1.165) is 6.20 Å². The highest BCUT2D eigenvalue weighted by Gasteiger charge is 2.12. The first-order chi connectivity index (χ1) is 7.41. The molecule has 0 radical (unpaired) electrons. The molecule has 0 saturated heterocycles. The predicted molar refractivity (Wildman–Crippen MR) is 50.3 cm³/mol. The summed E-state index contributed by atoms with van der Waals surface area (Å²) in [5.41, 5.74) is -1.97. The van der Waals surface area contributed by atoms with Crippen molar-refractivity contribution in [2.24, 2.45) is 0 Å². The van der Waals surface area contributed by atoms with Gasteiger partial charge in [-0.3, -0.25) is 14.4 Å². The Bertz CT molecular complexity index is 540. The third-order valence-corrected chi connectivity index (χ3v) is 1.77. The van der Waals surface area contributed by atoms with Crippen LogP contribution >= 0.6 is 0 Å². The van der Waals surface area contributed by atoms with Gasteiger partial charge in [0, 0.05) is 11.8 Å². The van der Waals surface area contributed by atoms with Crippen molar-refractivity contribution in [3.63, 3.8) is 0 Å². The van der Waals surface area contributed by atoms with E-state index in [2.05, 4.69) is 4.98 Å². The molecular weight excluding hydrogens is 220 g/mol. The van der Waals surface area contributed by atoms with Gasteiger partial charge in [0.15, 0.2) is 0 Å². The molecule has 3 N–H and O–H groups in total. The van der Waals surface area contributed by atoms with Crippen molar-refractivity contribution in [2.45, 2.75) is 13.0 Å². The second kappa shape index (κ2) is 4.43. The molecule has 0 saturated carbocycles. The Hall–Kier alpha value is -2.38. The lowest BCUT2D eigenvalue weighted by Gasteiger charge is -2.02. The Balaban J connectivity index is 3.27. The Morgan fingerprint density at radius 3 is 2.38 bits per heavy atom. The Morgan fingerprint density at radius 1 is 1.25 bits per heavy atom. The molecule has 0 aliphatic rings. The van der Waals surface area contributed by atoms with Gasteiger partial charge >= 0.3 is 17.6 Å². The molecule has 0 aromatic carbocycles. The number of aromatic amines is 1. The molecule has 0 unspecified atom stereocenters. The molecule has 0 aliphatic heterocycles. The second-order valence-electron chi connectivity index (χ2n) is 2.97. The first kappa shape index (κ1) is 11.7. The van der Waals surface area contributed by atoms with Gasteiger partial charge in [0.25, 0.3) is 5.56 Å². The molecule has 16 heavy (non-hydrogen) atoms. The van der Waals surface area contributed by atoms with Crippen LogP contribution in [0.2, 0.25) is 0 Å². The molecule has 1 rings (SSSR count). The third-order valence-electron chi connectivity index (χ3n) is 1.77. The number of carboxylic acid groups (broad SMARTS) is 2. The number of carbonyl (C=O) groups is 2. The normalized spacial score (nSPS) is 10.0. The summed E-state index contributed by atoms with van der Waals surface area (Å²) in [6.07, 6.45) is 0.395. The van der Waals surface area contributed by atoms with E-state index in [0.29, 0.717) is 4.57 Å². The van der Waals surface area contributed by atoms with Crippen molar-refractivity contribution < 1.29 is 19.8 Å². The minimum absolute atomic E-state index is 0.173. The molecular formula is C8H8N2O6. The average molecular weight is 228 g/mol. The monoisotopic (exact) mass is 228 g/mol. The quantitative estimate of drug-likeness (QED) is 0.560. The topological polar surface area (TPSA) is 129 Å². The summed E-state index contributed by atoms with van der Waals surface area (Å²) in [4.78, 5) is 45.4. The molecule has 86 valence electrons. The molecule has 0 bridgehead atoms. The van der Waals surface area contributed by atoms with Crippen LogP contribution in [0, 0.1) is 0 Å². The van der Waals surface area contributed by atoms with Crippen LogP contribution in [-0.4, -0.2) is 31.7 Å². The van der Waals surface area contributed by atoms with Crippen LogP contribution in [0.5, 0.6) is 0 Å². The van der Waals surface area contributed by atoms with E-state index in [1.807, 2.05) is 0 Å². The number of hydrogen-bond acceptors (Lipinski definition) is 4. The smallest absolute Gasteiger partial charge is 0.328 e. The number of nitrogens with one attached hydrogen (secondary N) is 1. The third kappa shape index (κ3) is 2.56. The highest BCUT2D eigenvalue weighted by Crippen LogP contribution is 1.88. The molecule has 0 atom stereocenters. The van der Waals surface area contributed by atoms with Crippen molar-refractivity contribution in [3.8, 4) is 0 Å². The van der Waals surface area contributed by atoms with Crippen LogP contribution in [0.3, 0.4) is 0 Å². The van der Waals surface area contributed by atoms with E-state index in [-0.39, 0.29) is 5.56 Å². The number of rotatable bonds is 4. The fourth-order valence-electron chi connectivity index (χ4n) is 1.12. The highest BCUT2D eigenvalue weighted by molar-refractivity contribution is 5.70. The zero-order chi connectivity index (χ0) is 12.3. The van der Waals surface area contributed by atoms with Gasteiger partial charge in [0.1, 0.15) is 6.54 Å². The molecule has 1 heterocycles. The van der Waals surface area contributed by atoms with Crippen LogP contribution in [0.1, 0.15) is 5.56 Å². The van der Waals surface area contributed by atoms with Crippen molar-refractivity contribution in [3.05, 3.63) is 32.6 Å². The summed E-state index contributed by atoms with van der Waals surface area (Å²) in [5.74, 6) is -2.61. The molecule has 0 fully saturated rings. The summed E-state index contributed by atoms with van der Waals surface area (Å²) >= 11 is 0. The van der Waals surface area contributed by atoms with Gasteiger partial charge in [0.2, 0.25) is 0 Å². The number of hydrogen-bond donors (Lipinski definition) is 3. The standard InChI is InChI=1S/C8H8N2O6/c11-5(12)1-4-2-9-8(16)10(7(4)15)3-6(13)14/h2H,1,3H2,(H,9,16)(H,11,12)(H,13,14). The van der Waals surface area contributed by atoms with Crippen molar-refractivity contribution in [1.29, 1.82) is 0 Å². The molecule has 8 nitrogen and oxygen atoms in total. The van der Waals surface area contributed by atoms with E-state index < -0.39 is 36.2 Å². The number of carboxylic acids is 2. The number of H-pyrrole nitrogens is 1. The van der Waals surface area contributed by atoms with Gasteiger partial charge in [-0.15, -0.1) is 0 Å². The summed E-state index contributed by atoms with van der Waals surface area (Å²) in [6, 6.07) is 0. The molecule has 0 amide bonds. The maximum atomic E-state index is 11.5. The van der Waals surface area contributed by atoms with Gasteiger partial charge in [0.05, 0.1) is 6.42 Å². The predicted octanol–water partition coefficient (Wildman–Crippen LogP) is -1.75. The van der Waals surface area contributed by atoms with Crippen LogP contribution < -0.4 is 11.2 Å². The van der Waals surface area contributed by atoms with E-state index in [9.17, 15) is 19.2 Å². The van der Waals surface area contributed by atoms with Crippen molar-refractivity contribution in [1.82, 2.24) is 9.55 Å². The lowest BCUT2D eigenvalue weighted by molar-refractivity contribution is -0.138. The Morgan fingerprint density at radius 2 is 1.88 bits per heavy atom. The maximum absolute atomic E-state index is 11.5. The summed E-state index contributed by atoms with van der Waals surface area (Å²) < 4.78 is 0.431. The molecule has 8 heteroatoms. The summed E-state index contributed by atoms with van der Waals surface area (Å²) in [7, 11) is 0. The highest BCUT2D eigenvalue weighted by atomic mass is 16.4. The van der Waals surface area contributed by atoms with Gasteiger partial charge in [-0.25, -0.2) is 9.36 Å². The van der Waals surface area contributed by atoms with Gasteiger partial charge in [-0.1, -0.05) is 0 Å². The van der Waals surface area contributed by atoms with Crippen LogP contribution in [0.4, 0.5) is 0 Å². The second-order valence-corrected chi connectivity index (χ2v) is 2.97. The minimum atomic E-state index is -1.36. The minimum Gasteiger partial charge on any atom is -0.481 e. The van der Waals surface area contributed by atoms with Gasteiger partial charge < -0.3 is 15.2 Å². The first-order valence-electron chi connectivity index (χ1n) is 4.17. The van der Waals surface area contributed by atoms with Gasteiger partial charge in [-0.05, 0) is 0 Å². The lowest BCUT2D eigenvalue weighted by Crippen LogP contribution is -2.39. The molecule has 1 aromatic rings. The van der Waals surface area contributed by atoms with E-state index in [1.165, 1.54) is 0 Å². The van der Waals surface area contributed by atoms with Crippen molar-refractivity contribution in [2.75, 3.05) is 0 Å². The summed E-state index contributed by atoms with van der Waals surface area (Å²) in [6.45, 7) is -0.804. The van der Waals surface area contributed by atoms with E-state index >= 15 is 0 Å². The fourth-order valence-corrected chi connectivity index (χ4v) is 1.12. The van der Waals surface area contributed by atoms with Crippen LogP contribution in [0.25, 0.3) is 0 Å². The molecule has 1 aromatic heterocycles. The average Bonchev–Trinajstić information content (AvgIpc) is 2.16. The fraction of sp³-hybridized carbons (Fsp3) is 0.250. The van der Waals surface area contributed by atoms with Crippen molar-refractivity contribution >= 4 is 11.9 Å². The zero-order valence-corrected chi connectivity index (χ0v) is 7.97. The molecule has 0 spiro atoms. The summed E-state index contributed by atoms with van der Waals surface area (Å²) in [5, 5.41) is 16.9. The number of aromatic nitrogens is 2. The Kier molecular flexibility index (Phi) is 3.24.